The molecule has 2 rings (SSSR count). The van der Waals surface area contributed by atoms with E-state index in [9.17, 15) is 9.59 Å². The molecule has 2 aliphatic rings. The van der Waals surface area contributed by atoms with Crippen molar-refractivity contribution in [3.8, 4) is 0 Å². The molecule has 5 heteroatoms. The summed E-state index contributed by atoms with van der Waals surface area (Å²) in [5.41, 5.74) is -0.527. The number of hydrogen-bond acceptors (Lipinski definition) is 3. The normalized spacial score (nSPS) is 25.8. The van der Waals surface area contributed by atoms with E-state index in [0.29, 0.717) is 18.4 Å². The summed E-state index contributed by atoms with van der Waals surface area (Å²) in [6, 6.07) is -0.338. The van der Waals surface area contributed by atoms with Crippen LogP contribution >= 0.6 is 0 Å². The molecule has 2 saturated heterocycles. The molecular weight excluding hydrogens is 304 g/mol. The number of carbonyl (C=O) groups excluding carboxylic acids is 2. The predicted molar refractivity (Wildman–Crippen MR) is 94.7 cm³/mol. The minimum absolute atomic E-state index is 0.114. The van der Waals surface area contributed by atoms with E-state index in [1.807, 2.05) is 25.7 Å². The molecule has 0 aromatic carbocycles. The van der Waals surface area contributed by atoms with Crippen LogP contribution in [0.25, 0.3) is 0 Å². The second-order valence-electron chi connectivity index (χ2n) is 8.59. The van der Waals surface area contributed by atoms with Gasteiger partial charge in [-0.3, -0.25) is 9.69 Å². The number of carbonyl (C=O) groups is 2. The highest BCUT2D eigenvalue weighted by molar-refractivity contribution is 5.86. The molecule has 0 spiro atoms. The topological polar surface area (TPSA) is 49.9 Å². The van der Waals surface area contributed by atoms with E-state index in [-0.39, 0.29) is 18.0 Å². The molecular formula is C19H34N2O3. The molecule has 2 heterocycles. The summed E-state index contributed by atoms with van der Waals surface area (Å²) in [5.74, 6) is 1.49. The smallest absolute Gasteiger partial charge is 0.410 e. The van der Waals surface area contributed by atoms with Gasteiger partial charge in [0, 0.05) is 19.6 Å². The quantitative estimate of drug-likeness (QED) is 0.772. The lowest BCUT2D eigenvalue weighted by Crippen LogP contribution is -2.49. The van der Waals surface area contributed by atoms with Crippen LogP contribution in [0.5, 0.6) is 0 Å². The van der Waals surface area contributed by atoms with Crippen molar-refractivity contribution in [1.29, 1.82) is 0 Å². The Morgan fingerprint density at radius 1 is 1.00 bits per heavy atom. The third kappa shape index (κ3) is 4.87. The van der Waals surface area contributed by atoms with Crippen molar-refractivity contribution >= 4 is 12.0 Å². The average Bonchev–Trinajstić information content (AvgIpc) is 2.82. The monoisotopic (exact) mass is 338 g/mol. The van der Waals surface area contributed by atoms with Gasteiger partial charge in [-0.25, -0.2) is 4.79 Å². The van der Waals surface area contributed by atoms with Crippen LogP contribution in [0.2, 0.25) is 0 Å². The number of likely N-dealkylation sites (tertiary alicyclic amines) is 2. The summed E-state index contributed by atoms with van der Waals surface area (Å²) < 4.78 is 5.48. The molecule has 0 N–H and O–H groups in total. The first kappa shape index (κ1) is 19.1. The Balaban J connectivity index is 1.99. The van der Waals surface area contributed by atoms with Gasteiger partial charge in [-0.1, -0.05) is 13.8 Å². The van der Waals surface area contributed by atoms with Gasteiger partial charge >= 0.3 is 6.09 Å². The molecule has 0 unspecified atom stereocenters. The molecule has 0 saturated carbocycles. The molecule has 24 heavy (non-hydrogen) atoms. The van der Waals surface area contributed by atoms with E-state index in [4.69, 9.17) is 4.74 Å². The van der Waals surface area contributed by atoms with Crippen molar-refractivity contribution in [2.45, 2.75) is 78.4 Å². The summed E-state index contributed by atoms with van der Waals surface area (Å²) in [7, 11) is 0. The molecule has 138 valence electrons. The van der Waals surface area contributed by atoms with Crippen molar-refractivity contribution in [1.82, 2.24) is 9.80 Å². The maximum Gasteiger partial charge on any atom is 0.410 e. The van der Waals surface area contributed by atoms with E-state index in [2.05, 4.69) is 13.8 Å². The van der Waals surface area contributed by atoms with Crippen molar-refractivity contribution < 1.29 is 14.3 Å². The van der Waals surface area contributed by atoms with Crippen LogP contribution in [-0.2, 0) is 9.53 Å². The lowest BCUT2D eigenvalue weighted by Gasteiger charge is -2.31. The van der Waals surface area contributed by atoms with Crippen LogP contribution in [0, 0.1) is 11.8 Å². The fraction of sp³-hybridized carbons (Fsp3) is 0.895. The van der Waals surface area contributed by atoms with E-state index in [1.54, 1.807) is 4.90 Å². The van der Waals surface area contributed by atoms with Gasteiger partial charge in [0.1, 0.15) is 11.6 Å². The zero-order valence-corrected chi connectivity index (χ0v) is 16.0. The van der Waals surface area contributed by atoms with Gasteiger partial charge in [0.2, 0.25) is 5.91 Å². The van der Waals surface area contributed by atoms with Crippen molar-refractivity contribution in [3.63, 3.8) is 0 Å². The molecule has 0 aromatic heterocycles. The lowest BCUT2D eigenvalue weighted by molar-refractivity contribution is -0.135. The van der Waals surface area contributed by atoms with Gasteiger partial charge < -0.3 is 9.64 Å². The highest BCUT2D eigenvalue weighted by atomic mass is 16.6. The number of rotatable bonds is 2. The van der Waals surface area contributed by atoms with Crippen molar-refractivity contribution in [2.75, 3.05) is 19.6 Å². The Hall–Kier alpha value is -1.26. The average molecular weight is 338 g/mol. The predicted octanol–water partition coefficient (Wildman–Crippen LogP) is 3.67. The summed E-state index contributed by atoms with van der Waals surface area (Å²) in [5, 5.41) is 0. The Morgan fingerprint density at radius 2 is 1.67 bits per heavy atom. The summed E-state index contributed by atoms with van der Waals surface area (Å²) in [6.07, 6.45) is 4.60. The van der Waals surface area contributed by atoms with Gasteiger partial charge in [-0.15, -0.1) is 0 Å². The van der Waals surface area contributed by atoms with Crippen LogP contribution in [-0.4, -0.2) is 53.1 Å². The molecule has 2 fully saturated rings. The number of ether oxygens (including phenoxy) is 1. The fourth-order valence-corrected chi connectivity index (χ4v) is 3.78. The second kappa shape index (κ2) is 7.75. The highest BCUT2D eigenvalue weighted by Crippen LogP contribution is 2.27. The third-order valence-corrected chi connectivity index (χ3v) is 5.19. The molecule has 5 nitrogen and oxygen atoms in total. The summed E-state index contributed by atoms with van der Waals surface area (Å²) in [6.45, 7) is 12.4. The van der Waals surface area contributed by atoms with Crippen LogP contribution < -0.4 is 0 Å². The zero-order chi connectivity index (χ0) is 17.9. The maximum absolute atomic E-state index is 13.0. The SMILES string of the molecule is CC(C)[C@H]1CCCN(C(=O)[C@@H]2CCCN2C(=O)OC(C)(C)C)CC1. The minimum Gasteiger partial charge on any atom is -0.444 e. The van der Waals surface area contributed by atoms with Crippen LogP contribution in [0.4, 0.5) is 4.79 Å². The molecule has 2 atom stereocenters. The summed E-state index contributed by atoms with van der Waals surface area (Å²) in [4.78, 5) is 29.0. The van der Waals surface area contributed by atoms with E-state index < -0.39 is 5.60 Å². The molecule has 0 aliphatic carbocycles. The first-order valence-electron chi connectivity index (χ1n) is 9.47. The number of hydrogen-bond donors (Lipinski definition) is 0. The molecule has 2 amide bonds. The van der Waals surface area contributed by atoms with Gasteiger partial charge in [0.15, 0.2) is 0 Å². The number of amides is 2. The minimum atomic E-state index is -0.527. The van der Waals surface area contributed by atoms with Gasteiger partial charge in [-0.05, 0) is 64.7 Å². The first-order chi connectivity index (χ1) is 11.2. The number of nitrogens with zero attached hydrogens (tertiary/aromatic N) is 2. The zero-order valence-electron chi connectivity index (χ0n) is 16.0. The second-order valence-corrected chi connectivity index (χ2v) is 8.59. The summed E-state index contributed by atoms with van der Waals surface area (Å²) >= 11 is 0. The Morgan fingerprint density at radius 3 is 2.29 bits per heavy atom. The maximum atomic E-state index is 13.0. The molecule has 0 radical (unpaired) electrons. The van der Waals surface area contributed by atoms with Gasteiger partial charge in [0.05, 0.1) is 0 Å². The molecule has 2 aliphatic heterocycles. The first-order valence-corrected chi connectivity index (χ1v) is 9.47. The van der Waals surface area contributed by atoms with Crippen LogP contribution in [0.1, 0.15) is 66.7 Å². The van der Waals surface area contributed by atoms with Crippen molar-refractivity contribution in [3.05, 3.63) is 0 Å². The standard InChI is InChI=1S/C19H34N2O3/c1-14(2)15-8-6-11-20(13-10-15)17(22)16-9-7-12-21(16)18(23)24-19(3,4)5/h14-16H,6-13H2,1-5H3/t15-,16-/m0/s1. The fourth-order valence-electron chi connectivity index (χ4n) is 3.78. The lowest BCUT2D eigenvalue weighted by atomic mass is 9.89. The highest BCUT2D eigenvalue weighted by Gasteiger charge is 2.39. The van der Waals surface area contributed by atoms with E-state index in [1.165, 1.54) is 6.42 Å². The third-order valence-electron chi connectivity index (χ3n) is 5.19. The van der Waals surface area contributed by atoms with Crippen LogP contribution in [0.3, 0.4) is 0 Å². The van der Waals surface area contributed by atoms with E-state index in [0.717, 1.165) is 38.8 Å². The van der Waals surface area contributed by atoms with Gasteiger partial charge in [-0.2, -0.15) is 0 Å². The van der Waals surface area contributed by atoms with E-state index >= 15 is 0 Å². The largest absolute Gasteiger partial charge is 0.444 e. The molecule has 0 bridgehead atoms. The van der Waals surface area contributed by atoms with Gasteiger partial charge in [0.25, 0.3) is 0 Å². The Kier molecular flexibility index (Phi) is 6.16. The Bertz CT molecular complexity index is 456. The van der Waals surface area contributed by atoms with Crippen molar-refractivity contribution in [2.24, 2.45) is 11.8 Å². The van der Waals surface area contributed by atoms with Crippen LogP contribution in [0.15, 0.2) is 0 Å². The molecule has 0 aromatic rings. The Labute approximate surface area is 146 Å².